The van der Waals surface area contributed by atoms with Crippen LogP contribution in [0.15, 0.2) is 29.8 Å². The number of benzene rings is 1. The van der Waals surface area contributed by atoms with Gasteiger partial charge in [0, 0.05) is 30.1 Å². The molecule has 1 aliphatic carbocycles. The predicted octanol–water partition coefficient (Wildman–Crippen LogP) is 4.66. The van der Waals surface area contributed by atoms with Crippen LogP contribution in [0, 0.1) is 11.7 Å². The fraction of sp³-hybridized carbons (Fsp3) is 0.609. The molecule has 1 saturated carbocycles. The van der Waals surface area contributed by atoms with Crippen LogP contribution in [-0.2, 0) is 10.2 Å². The van der Waals surface area contributed by atoms with E-state index >= 15 is 0 Å². The van der Waals surface area contributed by atoms with Gasteiger partial charge in [0.05, 0.1) is 0 Å². The van der Waals surface area contributed by atoms with Crippen LogP contribution in [0.3, 0.4) is 0 Å². The molecule has 0 N–H and O–H groups in total. The molecule has 1 aromatic carbocycles. The molecule has 1 amide bonds. The standard InChI is InChI=1S/C23H31FN2O/c1-17(2)9-12-25-13-10-23(11-14-25)16-26(22(27)18-5-3-4-6-18)21-8-7-19(24)15-20(21)23/h7-9,15,18H,3-6,10-14,16H2,1-2H3. The zero-order valence-electron chi connectivity index (χ0n) is 16.6. The van der Waals surface area contributed by atoms with Crippen LogP contribution in [0.2, 0.25) is 0 Å². The molecule has 2 heterocycles. The highest BCUT2D eigenvalue weighted by atomic mass is 19.1. The highest BCUT2D eigenvalue weighted by molar-refractivity contribution is 5.98. The van der Waals surface area contributed by atoms with E-state index in [9.17, 15) is 9.18 Å². The van der Waals surface area contributed by atoms with Crippen molar-refractivity contribution in [2.45, 2.75) is 57.8 Å². The molecule has 4 heteroatoms. The van der Waals surface area contributed by atoms with Crippen LogP contribution >= 0.6 is 0 Å². The molecule has 0 unspecified atom stereocenters. The van der Waals surface area contributed by atoms with E-state index in [2.05, 4.69) is 24.8 Å². The molecule has 0 atom stereocenters. The van der Waals surface area contributed by atoms with E-state index in [-0.39, 0.29) is 23.1 Å². The topological polar surface area (TPSA) is 23.6 Å². The van der Waals surface area contributed by atoms with Crippen LogP contribution < -0.4 is 4.90 Å². The van der Waals surface area contributed by atoms with E-state index in [1.54, 1.807) is 6.07 Å². The molecule has 146 valence electrons. The van der Waals surface area contributed by atoms with Gasteiger partial charge in [-0.2, -0.15) is 0 Å². The molecule has 0 aromatic heterocycles. The largest absolute Gasteiger partial charge is 0.311 e. The van der Waals surface area contributed by atoms with Gasteiger partial charge in [-0.3, -0.25) is 9.69 Å². The van der Waals surface area contributed by atoms with Crippen LogP contribution in [0.5, 0.6) is 0 Å². The van der Waals surface area contributed by atoms with Crippen molar-refractivity contribution >= 4 is 11.6 Å². The molecular weight excluding hydrogens is 339 g/mol. The number of anilines is 1. The Morgan fingerprint density at radius 1 is 1.22 bits per heavy atom. The summed E-state index contributed by atoms with van der Waals surface area (Å²) in [5.41, 5.74) is 3.30. The maximum atomic E-state index is 14.1. The Balaban J connectivity index is 1.57. The number of carbonyl (C=O) groups excluding carboxylic acids is 1. The lowest BCUT2D eigenvalue weighted by molar-refractivity contribution is -0.122. The highest BCUT2D eigenvalue weighted by Gasteiger charge is 2.47. The lowest BCUT2D eigenvalue weighted by Gasteiger charge is -2.39. The van der Waals surface area contributed by atoms with E-state index in [0.717, 1.165) is 76.0 Å². The maximum absolute atomic E-state index is 14.1. The van der Waals surface area contributed by atoms with E-state index in [1.807, 2.05) is 11.0 Å². The summed E-state index contributed by atoms with van der Waals surface area (Å²) in [7, 11) is 0. The molecule has 27 heavy (non-hydrogen) atoms. The first-order valence-corrected chi connectivity index (χ1v) is 10.5. The van der Waals surface area contributed by atoms with E-state index in [4.69, 9.17) is 0 Å². The van der Waals surface area contributed by atoms with Crippen molar-refractivity contribution in [1.29, 1.82) is 0 Å². The molecule has 0 bridgehead atoms. The average Bonchev–Trinajstić information content (AvgIpc) is 3.29. The Labute approximate surface area is 162 Å². The van der Waals surface area contributed by atoms with E-state index < -0.39 is 0 Å². The van der Waals surface area contributed by atoms with Gasteiger partial charge in [0.1, 0.15) is 5.82 Å². The van der Waals surface area contributed by atoms with Crippen molar-refractivity contribution in [2.24, 2.45) is 5.92 Å². The van der Waals surface area contributed by atoms with Crippen LogP contribution in [0.25, 0.3) is 0 Å². The number of piperidine rings is 1. The summed E-state index contributed by atoms with van der Waals surface area (Å²) < 4.78 is 14.1. The Morgan fingerprint density at radius 3 is 2.59 bits per heavy atom. The summed E-state index contributed by atoms with van der Waals surface area (Å²) in [5.74, 6) is 0.246. The number of fused-ring (bicyclic) bond motifs is 2. The number of hydrogen-bond donors (Lipinski definition) is 0. The van der Waals surface area contributed by atoms with Gasteiger partial charge in [-0.05, 0) is 76.4 Å². The molecule has 1 spiro atoms. The van der Waals surface area contributed by atoms with Gasteiger partial charge in [-0.15, -0.1) is 0 Å². The van der Waals surface area contributed by atoms with Gasteiger partial charge < -0.3 is 4.90 Å². The zero-order chi connectivity index (χ0) is 19.0. The predicted molar refractivity (Wildman–Crippen MR) is 107 cm³/mol. The van der Waals surface area contributed by atoms with Gasteiger partial charge in [0.15, 0.2) is 0 Å². The van der Waals surface area contributed by atoms with Crippen molar-refractivity contribution in [3.63, 3.8) is 0 Å². The molecule has 3 aliphatic rings. The fourth-order valence-electron chi connectivity index (χ4n) is 5.13. The second kappa shape index (κ2) is 7.38. The van der Waals surface area contributed by atoms with Crippen LogP contribution in [-0.4, -0.2) is 37.0 Å². The quantitative estimate of drug-likeness (QED) is 0.723. The summed E-state index contributed by atoms with van der Waals surface area (Å²) in [6.45, 7) is 8.00. The number of likely N-dealkylation sites (tertiary alicyclic amines) is 1. The molecule has 4 rings (SSSR count). The summed E-state index contributed by atoms with van der Waals surface area (Å²) in [6.07, 6.45) is 8.60. The average molecular weight is 371 g/mol. The number of carbonyl (C=O) groups is 1. The molecule has 0 radical (unpaired) electrons. The first-order valence-electron chi connectivity index (χ1n) is 10.5. The maximum Gasteiger partial charge on any atom is 0.230 e. The number of nitrogens with zero attached hydrogens (tertiary/aromatic N) is 2. The first kappa shape index (κ1) is 18.7. The van der Waals surface area contributed by atoms with Gasteiger partial charge in [-0.25, -0.2) is 4.39 Å². The Bertz CT molecular complexity index is 739. The fourth-order valence-corrected chi connectivity index (χ4v) is 5.13. The van der Waals surface area contributed by atoms with Crippen molar-refractivity contribution < 1.29 is 9.18 Å². The molecule has 1 aromatic rings. The third-order valence-corrected chi connectivity index (χ3v) is 6.82. The Hall–Kier alpha value is -1.68. The molecule has 2 fully saturated rings. The number of allylic oxidation sites excluding steroid dienone is 1. The summed E-state index contributed by atoms with van der Waals surface area (Å²) in [4.78, 5) is 17.6. The smallest absolute Gasteiger partial charge is 0.230 e. The minimum Gasteiger partial charge on any atom is -0.311 e. The number of hydrogen-bond acceptors (Lipinski definition) is 2. The summed E-state index contributed by atoms with van der Waals surface area (Å²) in [6, 6.07) is 5.04. The minimum absolute atomic E-state index is 0.0762. The van der Waals surface area contributed by atoms with E-state index in [0.29, 0.717) is 0 Å². The SMILES string of the molecule is CC(C)=CCN1CCC2(CC1)CN(C(=O)C1CCCC1)c1ccc(F)cc12. The highest BCUT2D eigenvalue weighted by Crippen LogP contribution is 2.48. The zero-order valence-corrected chi connectivity index (χ0v) is 16.6. The second-order valence-electron chi connectivity index (χ2n) is 8.93. The summed E-state index contributed by atoms with van der Waals surface area (Å²) in [5, 5.41) is 0. The first-order chi connectivity index (χ1) is 13.0. The van der Waals surface area contributed by atoms with Crippen molar-refractivity contribution in [3.8, 4) is 0 Å². The number of amides is 1. The number of rotatable bonds is 3. The van der Waals surface area contributed by atoms with Crippen molar-refractivity contribution in [2.75, 3.05) is 31.1 Å². The van der Waals surface area contributed by atoms with Gasteiger partial charge >= 0.3 is 0 Å². The Morgan fingerprint density at radius 2 is 1.93 bits per heavy atom. The number of halogens is 1. The van der Waals surface area contributed by atoms with Crippen LogP contribution in [0.1, 0.15) is 57.9 Å². The normalized spacial score (nSPS) is 22.3. The molecular formula is C23H31FN2O. The van der Waals surface area contributed by atoms with Crippen LogP contribution in [0.4, 0.5) is 10.1 Å². The third kappa shape index (κ3) is 3.56. The van der Waals surface area contributed by atoms with E-state index in [1.165, 1.54) is 11.6 Å². The third-order valence-electron chi connectivity index (χ3n) is 6.82. The lowest BCUT2D eigenvalue weighted by Crippen LogP contribution is -2.46. The lowest BCUT2D eigenvalue weighted by atomic mass is 9.74. The minimum atomic E-state index is -0.185. The van der Waals surface area contributed by atoms with Crippen molar-refractivity contribution in [1.82, 2.24) is 4.90 Å². The Kier molecular flexibility index (Phi) is 5.11. The van der Waals surface area contributed by atoms with Gasteiger partial charge in [0.2, 0.25) is 5.91 Å². The molecule has 1 saturated heterocycles. The monoisotopic (exact) mass is 370 g/mol. The van der Waals surface area contributed by atoms with Gasteiger partial charge in [0.25, 0.3) is 0 Å². The molecule has 3 nitrogen and oxygen atoms in total. The van der Waals surface area contributed by atoms with Gasteiger partial charge in [-0.1, -0.05) is 24.5 Å². The molecule has 2 aliphatic heterocycles. The second-order valence-corrected chi connectivity index (χ2v) is 8.93. The van der Waals surface area contributed by atoms with Crippen molar-refractivity contribution in [3.05, 3.63) is 41.2 Å². The summed E-state index contributed by atoms with van der Waals surface area (Å²) >= 11 is 0.